The van der Waals surface area contributed by atoms with Crippen LogP contribution in [0.1, 0.15) is 11.1 Å². The molecule has 0 aliphatic carbocycles. The van der Waals surface area contributed by atoms with Gasteiger partial charge in [0.05, 0.1) is 12.1 Å². The minimum Gasteiger partial charge on any atom is -0.299 e. The fourth-order valence-electron chi connectivity index (χ4n) is 1.73. The van der Waals surface area contributed by atoms with E-state index in [1.807, 2.05) is 31.2 Å². The molecule has 0 atom stereocenters. The molecule has 0 fully saturated rings. The van der Waals surface area contributed by atoms with Crippen LogP contribution in [-0.2, 0) is 11.2 Å². The van der Waals surface area contributed by atoms with Gasteiger partial charge in [-0.15, -0.1) is 0 Å². The first kappa shape index (κ1) is 13.1. The van der Waals surface area contributed by atoms with Crippen molar-refractivity contribution < 1.29 is 9.18 Å². The Labute approximate surface area is 111 Å². The Morgan fingerprint density at radius 1 is 1.16 bits per heavy atom. The van der Waals surface area contributed by atoms with Crippen LogP contribution in [0.3, 0.4) is 0 Å². The maximum Gasteiger partial charge on any atom is 0.242 e. The van der Waals surface area contributed by atoms with Crippen molar-refractivity contribution in [2.75, 3.05) is 5.43 Å². The van der Waals surface area contributed by atoms with Gasteiger partial charge in [-0.05, 0) is 36.2 Å². The van der Waals surface area contributed by atoms with Gasteiger partial charge in [0.15, 0.2) is 0 Å². The van der Waals surface area contributed by atoms with E-state index in [1.54, 1.807) is 12.1 Å². The fraction of sp³-hybridized carbons (Fsp3) is 0.133. The number of nitrogens with one attached hydrogen (secondary N) is 2. The molecule has 2 aromatic carbocycles. The summed E-state index contributed by atoms with van der Waals surface area (Å²) in [5.74, 6) is -0.517. The molecule has 1 amide bonds. The van der Waals surface area contributed by atoms with E-state index in [-0.39, 0.29) is 18.1 Å². The molecular weight excluding hydrogens is 243 g/mol. The quantitative estimate of drug-likeness (QED) is 0.828. The van der Waals surface area contributed by atoms with Gasteiger partial charge in [-0.2, -0.15) is 0 Å². The summed E-state index contributed by atoms with van der Waals surface area (Å²) in [6.07, 6.45) is 0.287. The molecular formula is C15H15FN2O. The highest BCUT2D eigenvalue weighted by molar-refractivity contribution is 5.80. The molecule has 0 saturated heterocycles. The van der Waals surface area contributed by atoms with E-state index in [1.165, 1.54) is 12.1 Å². The zero-order valence-electron chi connectivity index (χ0n) is 10.6. The lowest BCUT2D eigenvalue weighted by atomic mass is 10.1. The summed E-state index contributed by atoms with van der Waals surface area (Å²) in [6, 6.07) is 13.6. The van der Waals surface area contributed by atoms with Gasteiger partial charge in [0.2, 0.25) is 5.91 Å². The molecule has 3 nitrogen and oxygen atoms in total. The molecule has 2 rings (SSSR count). The topological polar surface area (TPSA) is 41.1 Å². The second-order valence-corrected chi connectivity index (χ2v) is 4.29. The van der Waals surface area contributed by atoms with Crippen molar-refractivity contribution >= 4 is 11.6 Å². The smallest absolute Gasteiger partial charge is 0.242 e. The van der Waals surface area contributed by atoms with Crippen molar-refractivity contribution in [3.8, 4) is 0 Å². The van der Waals surface area contributed by atoms with Crippen LogP contribution in [0, 0.1) is 12.7 Å². The summed E-state index contributed by atoms with van der Waals surface area (Å²) in [6.45, 7) is 1.96. The van der Waals surface area contributed by atoms with Crippen LogP contribution in [-0.4, -0.2) is 5.91 Å². The third kappa shape index (κ3) is 3.81. The molecule has 0 aromatic heterocycles. The molecule has 0 unspecified atom stereocenters. The Hall–Kier alpha value is -2.36. The number of hydrogen-bond acceptors (Lipinski definition) is 2. The summed E-state index contributed by atoms with van der Waals surface area (Å²) < 4.78 is 12.9. The molecule has 0 bridgehead atoms. The Kier molecular flexibility index (Phi) is 4.13. The van der Waals surface area contributed by atoms with Crippen LogP contribution in [0.4, 0.5) is 10.1 Å². The number of halogens is 1. The minimum atomic E-state index is -0.349. The highest BCUT2D eigenvalue weighted by atomic mass is 19.1. The van der Waals surface area contributed by atoms with Crippen molar-refractivity contribution in [3.05, 3.63) is 65.5 Å². The van der Waals surface area contributed by atoms with Crippen LogP contribution < -0.4 is 10.9 Å². The largest absolute Gasteiger partial charge is 0.299 e. The van der Waals surface area contributed by atoms with Crippen molar-refractivity contribution in [3.63, 3.8) is 0 Å². The lowest BCUT2D eigenvalue weighted by Gasteiger charge is -2.09. The Balaban J connectivity index is 1.90. The number of amides is 1. The molecule has 19 heavy (non-hydrogen) atoms. The van der Waals surface area contributed by atoms with Gasteiger partial charge in [0, 0.05) is 0 Å². The predicted octanol–water partition coefficient (Wildman–Crippen LogP) is 2.82. The highest BCUT2D eigenvalue weighted by Gasteiger charge is 2.05. The molecule has 2 aromatic rings. The van der Waals surface area contributed by atoms with E-state index in [0.717, 1.165) is 11.1 Å². The molecule has 0 saturated carbocycles. The second kappa shape index (κ2) is 6.00. The Morgan fingerprint density at radius 3 is 2.68 bits per heavy atom. The molecule has 0 heterocycles. The van der Waals surface area contributed by atoms with Gasteiger partial charge in [-0.3, -0.25) is 15.6 Å². The fourth-order valence-corrected chi connectivity index (χ4v) is 1.73. The van der Waals surface area contributed by atoms with E-state index < -0.39 is 0 Å². The van der Waals surface area contributed by atoms with Crippen molar-refractivity contribution in [2.24, 2.45) is 0 Å². The van der Waals surface area contributed by atoms with Crippen molar-refractivity contribution in [1.82, 2.24) is 5.43 Å². The average Bonchev–Trinajstić information content (AvgIpc) is 2.39. The van der Waals surface area contributed by atoms with Crippen LogP contribution in [0.5, 0.6) is 0 Å². The van der Waals surface area contributed by atoms with Crippen molar-refractivity contribution in [1.29, 1.82) is 0 Å². The summed E-state index contributed by atoms with van der Waals surface area (Å²) in [4.78, 5) is 11.8. The molecule has 2 N–H and O–H groups in total. The van der Waals surface area contributed by atoms with E-state index in [0.29, 0.717) is 5.69 Å². The number of carbonyl (C=O) groups excluding carboxylic acids is 1. The lowest BCUT2D eigenvalue weighted by Crippen LogP contribution is -2.30. The van der Waals surface area contributed by atoms with Gasteiger partial charge in [-0.25, -0.2) is 4.39 Å². The number of carbonyl (C=O) groups is 1. The van der Waals surface area contributed by atoms with Gasteiger partial charge in [0.25, 0.3) is 0 Å². The van der Waals surface area contributed by atoms with E-state index in [4.69, 9.17) is 0 Å². The summed E-state index contributed by atoms with van der Waals surface area (Å²) in [5.41, 5.74) is 7.79. The second-order valence-electron chi connectivity index (χ2n) is 4.29. The first-order chi connectivity index (χ1) is 9.15. The average molecular weight is 258 g/mol. The number of anilines is 1. The van der Waals surface area contributed by atoms with Crippen LogP contribution >= 0.6 is 0 Å². The Morgan fingerprint density at radius 2 is 1.95 bits per heavy atom. The van der Waals surface area contributed by atoms with Gasteiger partial charge in [-0.1, -0.05) is 30.3 Å². The summed E-state index contributed by atoms with van der Waals surface area (Å²) in [7, 11) is 0. The third-order valence-electron chi connectivity index (χ3n) is 2.78. The predicted molar refractivity (Wildman–Crippen MR) is 73.0 cm³/mol. The number of rotatable bonds is 4. The summed E-state index contributed by atoms with van der Waals surface area (Å²) >= 11 is 0. The molecule has 0 radical (unpaired) electrons. The number of aryl methyl sites for hydroxylation is 1. The lowest BCUT2D eigenvalue weighted by molar-refractivity contribution is -0.119. The minimum absolute atomic E-state index is 0.168. The normalized spacial score (nSPS) is 10.0. The van der Waals surface area contributed by atoms with E-state index in [2.05, 4.69) is 10.9 Å². The van der Waals surface area contributed by atoms with Gasteiger partial charge >= 0.3 is 0 Å². The van der Waals surface area contributed by atoms with E-state index >= 15 is 0 Å². The molecule has 0 aliphatic heterocycles. The Bertz CT molecular complexity index is 584. The maximum absolute atomic E-state index is 12.9. The molecule has 4 heteroatoms. The highest BCUT2D eigenvalue weighted by Crippen LogP contribution is 2.09. The molecule has 0 aliphatic rings. The number of hydrazine groups is 1. The first-order valence-electron chi connectivity index (χ1n) is 6.00. The van der Waals surface area contributed by atoms with Gasteiger partial charge < -0.3 is 0 Å². The van der Waals surface area contributed by atoms with E-state index in [9.17, 15) is 9.18 Å². The molecule has 0 spiro atoms. The number of hydrogen-bond donors (Lipinski definition) is 2. The SMILES string of the molecule is Cc1ccccc1CC(=O)NNc1cccc(F)c1. The standard InChI is InChI=1S/C15H15FN2O/c1-11-5-2-3-6-12(11)9-15(19)18-17-14-8-4-7-13(16)10-14/h2-8,10,17H,9H2,1H3,(H,18,19). The molecule has 98 valence electrons. The van der Waals surface area contributed by atoms with Crippen LogP contribution in [0.25, 0.3) is 0 Å². The third-order valence-corrected chi connectivity index (χ3v) is 2.78. The van der Waals surface area contributed by atoms with Crippen molar-refractivity contribution in [2.45, 2.75) is 13.3 Å². The zero-order valence-corrected chi connectivity index (χ0v) is 10.6. The monoisotopic (exact) mass is 258 g/mol. The number of benzene rings is 2. The zero-order chi connectivity index (χ0) is 13.7. The maximum atomic E-state index is 12.9. The first-order valence-corrected chi connectivity index (χ1v) is 6.00. The van der Waals surface area contributed by atoms with Crippen LogP contribution in [0.15, 0.2) is 48.5 Å². The van der Waals surface area contributed by atoms with Crippen LogP contribution in [0.2, 0.25) is 0 Å². The van der Waals surface area contributed by atoms with Gasteiger partial charge in [0.1, 0.15) is 5.82 Å². The summed E-state index contributed by atoms with van der Waals surface area (Å²) in [5, 5.41) is 0.